The Morgan fingerprint density at radius 1 is 1.38 bits per heavy atom. The first kappa shape index (κ1) is 15.5. The zero-order valence-corrected chi connectivity index (χ0v) is 13.4. The highest BCUT2D eigenvalue weighted by atomic mass is 32.1. The van der Waals surface area contributed by atoms with Crippen LogP contribution in [-0.2, 0) is 11.3 Å². The highest BCUT2D eigenvalue weighted by Gasteiger charge is 2.08. The van der Waals surface area contributed by atoms with Crippen molar-refractivity contribution < 1.29 is 9.53 Å². The van der Waals surface area contributed by atoms with Crippen molar-refractivity contribution in [3.63, 3.8) is 0 Å². The van der Waals surface area contributed by atoms with Crippen molar-refractivity contribution in [2.45, 2.75) is 33.2 Å². The lowest BCUT2D eigenvalue weighted by atomic mass is 10.2. The third-order valence-corrected chi connectivity index (χ3v) is 4.18. The van der Waals surface area contributed by atoms with Crippen molar-refractivity contribution in [2.75, 3.05) is 6.61 Å². The minimum atomic E-state index is -0.141. The van der Waals surface area contributed by atoms with Gasteiger partial charge in [-0.1, -0.05) is 32.0 Å². The number of ether oxygens (including phenoxy) is 1. The molecular formula is C16H20N2O2S. The molecule has 0 saturated carbocycles. The van der Waals surface area contributed by atoms with E-state index in [4.69, 9.17) is 4.74 Å². The highest BCUT2D eigenvalue weighted by molar-refractivity contribution is 7.09. The van der Waals surface area contributed by atoms with E-state index in [1.165, 1.54) is 0 Å². The number of aromatic nitrogens is 1. The van der Waals surface area contributed by atoms with Crippen LogP contribution >= 0.6 is 11.3 Å². The summed E-state index contributed by atoms with van der Waals surface area (Å²) in [6.07, 6.45) is 0. The van der Waals surface area contributed by atoms with Crippen LogP contribution in [0.15, 0.2) is 29.6 Å². The number of hydrogen-bond acceptors (Lipinski definition) is 4. The van der Waals surface area contributed by atoms with Crippen LogP contribution in [0.2, 0.25) is 0 Å². The normalized spacial score (nSPS) is 10.7. The summed E-state index contributed by atoms with van der Waals surface area (Å²) in [6.45, 7) is 6.63. The Labute approximate surface area is 129 Å². The highest BCUT2D eigenvalue weighted by Crippen LogP contribution is 2.19. The number of aryl methyl sites for hydroxylation is 1. The van der Waals surface area contributed by atoms with Gasteiger partial charge in [0.15, 0.2) is 6.61 Å². The van der Waals surface area contributed by atoms with E-state index in [9.17, 15) is 4.79 Å². The molecule has 0 aliphatic carbocycles. The van der Waals surface area contributed by atoms with Gasteiger partial charge in [-0.15, -0.1) is 11.3 Å². The molecule has 0 aliphatic heterocycles. The SMILES string of the molecule is Cc1ccccc1OCC(=O)NCc1csc(C(C)C)n1. The Balaban J connectivity index is 1.78. The van der Waals surface area contributed by atoms with Gasteiger partial charge in [-0.3, -0.25) is 4.79 Å². The molecule has 0 atom stereocenters. The van der Waals surface area contributed by atoms with Gasteiger partial charge in [0.25, 0.3) is 5.91 Å². The smallest absolute Gasteiger partial charge is 0.258 e. The number of amides is 1. The number of carbonyl (C=O) groups excluding carboxylic acids is 1. The second kappa shape index (κ2) is 7.22. The first-order chi connectivity index (χ1) is 10.1. The number of carbonyl (C=O) groups is 1. The first-order valence-corrected chi connectivity index (χ1v) is 7.83. The Kier molecular flexibility index (Phi) is 5.33. The quantitative estimate of drug-likeness (QED) is 0.891. The van der Waals surface area contributed by atoms with Crippen LogP contribution in [0.5, 0.6) is 5.75 Å². The van der Waals surface area contributed by atoms with Gasteiger partial charge in [0.2, 0.25) is 0 Å². The van der Waals surface area contributed by atoms with E-state index in [2.05, 4.69) is 24.1 Å². The Bertz CT molecular complexity index is 608. The van der Waals surface area contributed by atoms with Crippen LogP contribution in [0.25, 0.3) is 0 Å². The molecule has 0 spiro atoms. The molecule has 5 heteroatoms. The predicted molar refractivity (Wildman–Crippen MR) is 84.7 cm³/mol. The fourth-order valence-corrected chi connectivity index (χ4v) is 2.61. The molecular weight excluding hydrogens is 284 g/mol. The second-order valence-corrected chi connectivity index (χ2v) is 6.05. The largest absolute Gasteiger partial charge is 0.484 e. The van der Waals surface area contributed by atoms with Gasteiger partial charge < -0.3 is 10.1 Å². The summed E-state index contributed by atoms with van der Waals surface area (Å²) < 4.78 is 5.50. The van der Waals surface area contributed by atoms with Crippen molar-refractivity contribution in [2.24, 2.45) is 0 Å². The van der Waals surface area contributed by atoms with E-state index in [0.717, 1.165) is 22.0 Å². The van der Waals surface area contributed by atoms with Gasteiger partial charge in [0, 0.05) is 11.3 Å². The van der Waals surface area contributed by atoms with Crippen LogP contribution in [0.1, 0.15) is 36.0 Å². The van der Waals surface area contributed by atoms with Gasteiger partial charge in [0.1, 0.15) is 5.75 Å². The maximum Gasteiger partial charge on any atom is 0.258 e. The Hall–Kier alpha value is -1.88. The van der Waals surface area contributed by atoms with Gasteiger partial charge in [-0.25, -0.2) is 4.98 Å². The number of thiazole rings is 1. The van der Waals surface area contributed by atoms with Crippen molar-refractivity contribution in [1.82, 2.24) is 10.3 Å². The summed E-state index contributed by atoms with van der Waals surface area (Å²) in [7, 11) is 0. The van der Waals surface area contributed by atoms with Gasteiger partial charge in [-0.05, 0) is 18.6 Å². The van der Waals surface area contributed by atoms with Crippen LogP contribution in [0.3, 0.4) is 0 Å². The predicted octanol–water partition coefficient (Wildman–Crippen LogP) is 3.27. The van der Waals surface area contributed by atoms with Crippen LogP contribution in [0, 0.1) is 6.92 Å². The summed E-state index contributed by atoms with van der Waals surface area (Å²) in [4.78, 5) is 16.3. The van der Waals surface area contributed by atoms with Crippen molar-refractivity contribution >= 4 is 17.2 Å². The number of benzene rings is 1. The Morgan fingerprint density at radius 2 is 2.14 bits per heavy atom. The monoisotopic (exact) mass is 304 g/mol. The van der Waals surface area contributed by atoms with Crippen molar-refractivity contribution in [3.8, 4) is 5.75 Å². The summed E-state index contributed by atoms with van der Waals surface area (Å²) in [5, 5.41) is 5.90. The molecule has 0 bridgehead atoms. The van der Waals surface area contributed by atoms with Gasteiger partial charge in [0.05, 0.1) is 17.2 Å². The van der Waals surface area contributed by atoms with Gasteiger partial charge in [-0.2, -0.15) is 0 Å². The molecule has 4 nitrogen and oxygen atoms in total. The van der Waals surface area contributed by atoms with E-state index < -0.39 is 0 Å². The minimum absolute atomic E-state index is 0.0199. The lowest BCUT2D eigenvalue weighted by Gasteiger charge is -2.08. The average Bonchev–Trinajstić information content (AvgIpc) is 2.93. The number of nitrogens with zero attached hydrogens (tertiary/aromatic N) is 1. The van der Waals surface area contributed by atoms with Crippen LogP contribution in [-0.4, -0.2) is 17.5 Å². The third-order valence-electron chi connectivity index (χ3n) is 2.98. The van der Waals surface area contributed by atoms with E-state index in [1.54, 1.807) is 11.3 Å². The summed E-state index contributed by atoms with van der Waals surface area (Å²) in [5.74, 6) is 1.02. The first-order valence-electron chi connectivity index (χ1n) is 6.95. The average molecular weight is 304 g/mol. The molecule has 1 heterocycles. The Morgan fingerprint density at radius 3 is 2.81 bits per heavy atom. The fourth-order valence-electron chi connectivity index (χ4n) is 1.77. The standard InChI is InChI=1S/C16H20N2O2S/c1-11(2)16-18-13(10-21-16)8-17-15(19)9-20-14-7-5-4-6-12(14)3/h4-7,10-11H,8-9H2,1-3H3,(H,17,19). The van der Waals surface area contributed by atoms with E-state index in [1.807, 2.05) is 36.6 Å². The minimum Gasteiger partial charge on any atom is -0.484 e. The lowest BCUT2D eigenvalue weighted by Crippen LogP contribution is -2.28. The molecule has 0 saturated heterocycles. The fraction of sp³-hybridized carbons (Fsp3) is 0.375. The van der Waals surface area contributed by atoms with Crippen LogP contribution in [0.4, 0.5) is 0 Å². The lowest BCUT2D eigenvalue weighted by molar-refractivity contribution is -0.123. The third kappa shape index (κ3) is 4.56. The molecule has 112 valence electrons. The molecule has 0 unspecified atom stereocenters. The topological polar surface area (TPSA) is 51.2 Å². The molecule has 1 aromatic heterocycles. The number of para-hydroxylation sites is 1. The number of hydrogen-bond donors (Lipinski definition) is 1. The maximum atomic E-state index is 11.8. The summed E-state index contributed by atoms with van der Waals surface area (Å²) in [5.41, 5.74) is 1.92. The zero-order valence-electron chi connectivity index (χ0n) is 12.6. The molecule has 1 N–H and O–H groups in total. The second-order valence-electron chi connectivity index (χ2n) is 5.16. The van der Waals surface area contributed by atoms with E-state index in [-0.39, 0.29) is 12.5 Å². The molecule has 21 heavy (non-hydrogen) atoms. The zero-order chi connectivity index (χ0) is 15.2. The molecule has 0 aliphatic rings. The summed E-state index contributed by atoms with van der Waals surface area (Å²) in [6, 6.07) is 7.65. The molecule has 0 radical (unpaired) electrons. The van der Waals surface area contributed by atoms with Crippen LogP contribution < -0.4 is 10.1 Å². The maximum absolute atomic E-state index is 11.8. The van der Waals surface area contributed by atoms with Crippen molar-refractivity contribution in [3.05, 3.63) is 45.9 Å². The van der Waals surface area contributed by atoms with Gasteiger partial charge >= 0.3 is 0 Å². The molecule has 1 aromatic carbocycles. The van der Waals surface area contributed by atoms with E-state index >= 15 is 0 Å². The number of rotatable bonds is 6. The molecule has 2 aromatic rings. The van der Waals surface area contributed by atoms with E-state index in [0.29, 0.717) is 12.5 Å². The molecule has 2 rings (SSSR count). The number of nitrogens with one attached hydrogen (secondary N) is 1. The summed E-state index contributed by atoms with van der Waals surface area (Å²) >= 11 is 1.63. The van der Waals surface area contributed by atoms with Crippen molar-refractivity contribution in [1.29, 1.82) is 0 Å². The molecule has 0 fully saturated rings. The molecule has 1 amide bonds.